The minimum Gasteiger partial charge on any atom is -0.381 e. The van der Waals surface area contributed by atoms with Gasteiger partial charge in [-0.1, -0.05) is 30.3 Å². The van der Waals surface area contributed by atoms with Crippen molar-refractivity contribution in [2.45, 2.75) is 31.1 Å². The Morgan fingerprint density at radius 1 is 1.24 bits per heavy atom. The van der Waals surface area contributed by atoms with E-state index in [1.54, 1.807) is 0 Å². The molecule has 5 heteroatoms. The van der Waals surface area contributed by atoms with Gasteiger partial charge in [0.2, 0.25) is 5.91 Å². The van der Waals surface area contributed by atoms with Gasteiger partial charge in [0.05, 0.1) is 0 Å². The van der Waals surface area contributed by atoms with E-state index in [1.165, 1.54) is 5.56 Å². The summed E-state index contributed by atoms with van der Waals surface area (Å²) in [6.45, 7) is 2.76. The van der Waals surface area contributed by atoms with Crippen LogP contribution >= 0.6 is 12.4 Å². The van der Waals surface area contributed by atoms with Crippen molar-refractivity contribution in [3.63, 3.8) is 0 Å². The first-order valence-corrected chi connectivity index (χ1v) is 7.37. The van der Waals surface area contributed by atoms with Crippen molar-refractivity contribution in [1.29, 1.82) is 0 Å². The third-order valence-corrected chi connectivity index (χ3v) is 4.07. The lowest BCUT2D eigenvalue weighted by molar-refractivity contribution is -0.121. The molecular formula is C16H25ClN2O2. The maximum Gasteiger partial charge on any atom is 0.220 e. The van der Waals surface area contributed by atoms with Gasteiger partial charge in [0.15, 0.2) is 0 Å². The van der Waals surface area contributed by atoms with E-state index < -0.39 is 0 Å². The SMILES string of the molecule is Cl.NCCCC(=O)NCC1(c2ccccc2)CCOCC1. The number of rotatable bonds is 6. The van der Waals surface area contributed by atoms with Crippen LogP contribution in [0.1, 0.15) is 31.2 Å². The van der Waals surface area contributed by atoms with E-state index in [0.29, 0.717) is 19.5 Å². The summed E-state index contributed by atoms with van der Waals surface area (Å²) in [6, 6.07) is 10.4. The van der Waals surface area contributed by atoms with Crippen LogP contribution in [0, 0.1) is 0 Å². The van der Waals surface area contributed by atoms with E-state index in [4.69, 9.17) is 10.5 Å². The first-order chi connectivity index (χ1) is 9.77. The lowest BCUT2D eigenvalue weighted by Gasteiger charge is -2.38. The van der Waals surface area contributed by atoms with Gasteiger partial charge in [0, 0.05) is 31.6 Å². The summed E-state index contributed by atoms with van der Waals surface area (Å²) in [7, 11) is 0. The smallest absolute Gasteiger partial charge is 0.220 e. The summed E-state index contributed by atoms with van der Waals surface area (Å²) in [4.78, 5) is 11.8. The quantitative estimate of drug-likeness (QED) is 0.844. The first kappa shape index (κ1) is 18.0. The lowest BCUT2D eigenvalue weighted by atomic mass is 9.74. The fourth-order valence-electron chi connectivity index (χ4n) is 2.74. The van der Waals surface area contributed by atoms with Crippen LogP contribution in [0.4, 0.5) is 0 Å². The summed E-state index contributed by atoms with van der Waals surface area (Å²) in [6.07, 6.45) is 3.16. The van der Waals surface area contributed by atoms with E-state index >= 15 is 0 Å². The standard InChI is InChI=1S/C16H24N2O2.ClH/c17-10-4-7-15(19)18-13-16(8-11-20-12-9-16)14-5-2-1-3-6-14;/h1-3,5-6H,4,7-13,17H2,(H,18,19);1H. The van der Waals surface area contributed by atoms with E-state index in [0.717, 1.165) is 32.5 Å². The summed E-state index contributed by atoms with van der Waals surface area (Å²) in [5, 5.41) is 3.08. The second-order valence-corrected chi connectivity index (χ2v) is 5.43. The number of benzene rings is 1. The van der Waals surface area contributed by atoms with Crippen molar-refractivity contribution in [3.8, 4) is 0 Å². The Labute approximate surface area is 132 Å². The van der Waals surface area contributed by atoms with Crippen molar-refractivity contribution in [2.24, 2.45) is 5.73 Å². The van der Waals surface area contributed by atoms with Crippen LogP contribution in [0.3, 0.4) is 0 Å². The molecule has 118 valence electrons. The van der Waals surface area contributed by atoms with Gasteiger partial charge in [-0.3, -0.25) is 4.79 Å². The summed E-state index contributed by atoms with van der Waals surface area (Å²) < 4.78 is 5.49. The van der Waals surface area contributed by atoms with Crippen molar-refractivity contribution < 1.29 is 9.53 Å². The molecule has 0 aliphatic carbocycles. The molecular weight excluding hydrogens is 288 g/mol. The van der Waals surface area contributed by atoms with Crippen LogP contribution in [0.15, 0.2) is 30.3 Å². The number of ether oxygens (including phenoxy) is 1. The molecule has 1 aliphatic rings. The summed E-state index contributed by atoms with van der Waals surface area (Å²) in [5.74, 6) is 0.0947. The number of nitrogens with one attached hydrogen (secondary N) is 1. The van der Waals surface area contributed by atoms with E-state index in [-0.39, 0.29) is 23.7 Å². The maximum atomic E-state index is 11.8. The number of hydrogen-bond acceptors (Lipinski definition) is 3. The number of halogens is 1. The molecule has 0 radical (unpaired) electrons. The van der Waals surface area contributed by atoms with Crippen LogP contribution in [-0.4, -0.2) is 32.2 Å². The van der Waals surface area contributed by atoms with Crippen LogP contribution < -0.4 is 11.1 Å². The average Bonchev–Trinajstić information content (AvgIpc) is 2.52. The molecule has 0 spiro atoms. The molecule has 1 aromatic rings. The predicted molar refractivity (Wildman–Crippen MR) is 86.7 cm³/mol. The second kappa shape index (κ2) is 9.03. The van der Waals surface area contributed by atoms with Gasteiger partial charge in [-0.25, -0.2) is 0 Å². The van der Waals surface area contributed by atoms with Crippen LogP contribution in [0.25, 0.3) is 0 Å². The Morgan fingerprint density at radius 2 is 1.90 bits per heavy atom. The third-order valence-electron chi connectivity index (χ3n) is 4.07. The number of amides is 1. The van der Waals surface area contributed by atoms with Gasteiger partial charge >= 0.3 is 0 Å². The Morgan fingerprint density at radius 3 is 2.52 bits per heavy atom. The van der Waals surface area contributed by atoms with Crippen molar-refractivity contribution in [1.82, 2.24) is 5.32 Å². The lowest BCUT2D eigenvalue weighted by Crippen LogP contribution is -2.44. The van der Waals surface area contributed by atoms with Gasteiger partial charge in [0.1, 0.15) is 0 Å². The normalized spacial score (nSPS) is 16.8. The van der Waals surface area contributed by atoms with Crippen molar-refractivity contribution in [3.05, 3.63) is 35.9 Å². The summed E-state index contributed by atoms with van der Waals surface area (Å²) >= 11 is 0. The topological polar surface area (TPSA) is 64.4 Å². The number of hydrogen-bond donors (Lipinski definition) is 2. The zero-order valence-corrected chi connectivity index (χ0v) is 13.2. The van der Waals surface area contributed by atoms with Crippen molar-refractivity contribution in [2.75, 3.05) is 26.3 Å². The highest BCUT2D eigenvalue weighted by molar-refractivity contribution is 5.85. The average molecular weight is 313 g/mol. The fourth-order valence-corrected chi connectivity index (χ4v) is 2.74. The zero-order valence-electron chi connectivity index (χ0n) is 12.3. The summed E-state index contributed by atoms with van der Waals surface area (Å²) in [5.41, 5.74) is 6.74. The molecule has 3 N–H and O–H groups in total. The largest absolute Gasteiger partial charge is 0.381 e. The number of carbonyl (C=O) groups is 1. The highest BCUT2D eigenvalue weighted by Gasteiger charge is 2.34. The molecule has 0 aromatic heterocycles. The van der Waals surface area contributed by atoms with E-state index in [2.05, 4.69) is 29.6 Å². The highest BCUT2D eigenvalue weighted by Crippen LogP contribution is 2.34. The highest BCUT2D eigenvalue weighted by atomic mass is 35.5. The van der Waals surface area contributed by atoms with E-state index in [9.17, 15) is 4.79 Å². The van der Waals surface area contributed by atoms with Gasteiger partial charge in [-0.15, -0.1) is 12.4 Å². The fraction of sp³-hybridized carbons (Fsp3) is 0.562. The Bertz CT molecular complexity index is 420. The van der Waals surface area contributed by atoms with E-state index in [1.807, 2.05) is 6.07 Å². The molecule has 1 saturated heterocycles. The Kier molecular flexibility index (Phi) is 7.72. The van der Waals surface area contributed by atoms with Gasteiger partial charge in [-0.2, -0.15) is 0 Å². The first-order valence-electron chi connectivity index (χ1n) is 7.37. The molecule has 1 fully saturated rings. The molecule has 2 rings (SSSR count). The Hall–Kier alpha value is -1.10. The molecule has 0 unspecified atom stereocenters. The molecule has 1 aromatic carbocycles. The van der Waals surface area contributed by atoms with Gasteiger partial charge in [-0.05, 0) is 31.4 Å². The molecule has 0 saturated carbocycles. The molecule has 0 bridgehead atoms. The second-order valence-electron chi connectivity index (χ2n) is 5.43. The molecule has 0 atom stereocenters. The minimum atomic E-state index is 0. The van der Waals surface area contributed by atoms with Crippen LogP contribution in [0.5, 0.6) is 0 Å². The third kappa shape index (κ3) is 4.99. The minimum absolute atomic E-state index is 0. The molecule has 1 amide bonds. The van der Waals surface area contributed by atoms with Crippen LogP contribution in [-0.2, 0) is 14.9 Å². The zero-order chi connectivity index (χ0) is 14.3. The van der Waals surface area contributed by atoms with Gasteiger partial charge < -0.3 is 15.8 Å². The molecule has 21 heavy (non-hydrogen) atoms. The molecule has 1 aliphatic heterocycles. The number of carbonyl (C=O) groups excluding carboxylic acids is 1. The Balaban J connectivity index is 0.00000220. The molecule has 4 nitrogen and oxygen atoms in total. The molecule has 1 heterocycles. The predicted octanol–water partition coefficient (Wildman–Crippen LogP) is 2.01. The van der Waals surface area contributed by atoms with Crippen LogP contribution in [0.2, 0.25) is 0 Å². The van der Waals surface area contributed by atoms with Gasteiger partial charge in [0.25, 0.3) is 0 Å². The number of nitrogens with two attached hydrogens (primary N) is 1. The van der Waals surface area contributed by atoms with Crippen molar-refractivity contribution >= 4 is 18.3 Å². The maximum absolute atomic E-state index is 11.8. The monoisotopic (exact) mass is 312 g/mol.